The SMILES string of the molecule is CCSCC(C)NC(C)c1ccc(Cl)cc1. The van der Waals surface area contributed by atoms with Crippen molar-refractivity contribution in [3.05, 3.63) is 34.9 Å². The Hall–Kier alpha value is -0.180. The van der Waals surface area contributed by atoms with Crippen LogP contribution in [0.3, 0.4) is 0 Å². The number of nitrogens with one attached hydrogen (secondary N) is 1. The van der Waals surface area contributed by atoms with Crippen LogP contribution in [0.15, 0.2) is 24.3 Å². The van der Waals surface area contributed by atoms with Crippen molar-refractivity contribution in [1.82, 2.24) is 5.32 Å². The summed E-state index contributed by atoms with van der Waals surface area (Å²) < 4.78 is 0. The maximum atomic E-state index is 5.87. The van der Waals surface area contributed by atoms with Gasteiger partial charge in [0.2, 0.25) is 0 Å². The Morgan fingerprint density at radius 2 is 1.88 bits per heavy atom. The van der Waals surface area contributed by atoms with Gasteiger partial charge >= 0.3 is 0 Å². The quantitative estimate of drug-likeness (QED) is 0.822. The average Bonchev–Trinajstić information content (AvgIpc) is 2.27. The summed E-state index contributed by atoms with van der Waals surface area (Å²) in [5, 5.41) is 4.38. The molecule has 0 heterocycles. The topological polar surface area (TPSA) is 12.0 Å². The first-order chi connectivity index (χ1) is 7.63. The molecule has 0 aliphatic carbocycles. The van der Waals surface area contributed by atoms with Gasteiger partial charge in [-0.25, -0.2) is 0 Å². The second-order valence-electron chi connectivity index (χ2n) is 4.00. The molecule has 0 fully saturated rings. The lowest BCUT2D eigenvalue weighted by Crippen LogP contribution is -2.30. The molecule has 0 aliphatic rings. The third-order valence-corrected chi connectivity index (χ3v) is 3.87. The lowest BCUT2D eigenvalue weighted by molar-refractivity contribution is 0.511. The largest absolute Gasteiger partial charge is 0.307 e. The zero-order valence-electron chi connectivity index (χ0n) is 10.2. The predicted octanol–water partition coefficient (Wildman–Crippen LogP) is 4.13. The van der Waals surface area contributed by atoms with Crippen molar-refractivity contribution in [2.45, 2.75) is 32.9 Å². The lowest BCUT2D eigenvalue weighted by atomic mass is 10.1. The van der Waals surface area contributed by atoms with E-state index in [4.69, 9.17) is 11.6 Å². The van der Waals surface area contributed by atoms with Gasteiger partial charge < -0.3 is 5.32 Å². The molecule has 0 saturated carbocycles. The van der Waals surface area contributed by atoms with Crippen molar-refractivity contribution in [3.8, 4) is 0 Å². The van der Waals surface area contributed by atoms with Crippen LogP contribution >= 0.6 is 23.4 Å². The fourth-order valence-electron chi connectivity index (χ4n) is 1.62. The van der Waals surface area contributed by atoms with Gasteiger partial charge in [-0.2, -0.15) is 11.8 Å². The summed E-state index contributed by atoms with van der Waals surface area (Å²) in [6.45, 7) is 6.62. The van der Waals surface area contributed by atoms with E-state index in [1.807, 2.05) is 23.9 Å². The molecule has 1 nitrogen and oxygen atoms in total. The molecule has 3 heteroatoms. The van der Waals surface area contributed by atoms with Gasteiger partial charge in [0.25, 0.3) is 0 Å². The highest BCUT2D eigenvalue weighted by molar-refractivity contribution is 7.99. The predicted molar refractivity (Wildman–Crippen MR) is 75.5 cm³/mol. The Balaban J connectivity index is 2.45. The minimum absolute atomic E-state index is 0.379. The number of thioether (sulfide) groups is 1. The van der Waals surface area contributed by atoms with Crippen LogP contribution in [0.4, 0.5) is 0 Å². The summed E-state index contributed by atoms with van der Waals surface area (Å²) in [5.74, 6) is 2.34. The standard InChI is InChI=1S/C13H20ClNS/c1-4-16-9-10(2)15-11(3)12-5-7-13(14)8-6-12/h5-8,10-11,15H,4,9H2,1-3H3. The third-order valence-electron chi connectivity index (χ3n) is 2.48. The highest BCUT2D eigenvalue weighted by Gasteiger charge is 2.08. The van der Waals surface area contributed by atoms with Gasteiger partial charge in [0.1, 0.15) is 0 Å². The minimum atomic E-state index is 0.379. The van der Waals surface area contributed by atoms with E-state index in [2.05, 4.69) is 38.2 Å². The van der Waals surface area contributed by atoms with Gasteiger partial charge in [0.05, 0.1) is 0 Å². The van der Waals surface area contributed by atoms with Crippen molar-refractivity contribution in [1.29, 1.82) is 0 Å². The summed E-state index contributed by atoms with van der Waals surface area (Å²) in [5.41, 5.74) is 1.29. The van der Waals surface area contributed by atoms with Crippen molar-refractivity contribution < 1.29 is 0 Å². The van der Waals surface area contributed by atoms with Gasteiger partial charge in [-0.15, -0.1) is 0 Å². The van der Waals surface area contributed by atoms with Gasteiger partial charge in [-0.3, -0.25) is 0 Å². The van der Waals surface area contributed by atoms with Crippen LogP contribution in [0.25, 0.3) is 0 Å². The fraction of sp³-hybridized carbons (Fsp3) is 0.538. The molecule has 2 unspecified atom stereocenters. The van der Waals surface area contributed by atoms with Gasteiger partial charge in [-0.1, -0.05) is 30.7 Å². The monoisotopic (exact) mass is 257 g/mol. The van der Waals surface area contributed by atoms with E-state index in [-0.39, 0.29) is 0 Å². The van der Waals surface area contributed by atoms with Crippen LogP contribution in [0, 0.1) is 0 Å². The summed E-state index contributed by atoms with van der Waals surface area (Å²) in [4.78, 5) is 0. The molecular formula is C13H20ClNS. The molecule has 1 N–H and O–H groups in total. The molecule has 90 valence electrons. The second-order valence-corrected chi connectivity index (χ2v) is 5.76. The van der Waals surface area contributed by atoms with Crippen LogP contribution in [0.1, 0.15) is 32.4 Å². The molecular weight excluding hydrogens is 238 g/mol. The first-order valence-corrected chi connectivity index (χ1v) is 7.26. The van der Waals surface area contributed by atoms with Crippen LogP contribution in [-0.2, 0) is 0 Å². The van der Waals surface area contributed by atoms with Gasteiger partial charge in [0.15, 0.2) is 0 Å². The van der Waals surface area contributed by atoms with Crippen LogP contribution in [0.2, 0.25) is 5.02 Å². The van der Waals surface area contributed by atoms with E-state index < -0.39 is 0 Å². The fourth-order valence-corrected chi connectivity index (χ4v) is 2.43. The Bertz CT molecular complexity index is 299. The maximum absolute atomic E-state index is 5.87. The Morgan fingerprint density at radius 1 is 1.25 bits per heavy atom. The first kappa shape index (κ1) is 13.9. The highest BCUT2D eigenvalue weighted by atomic mass is 35.5. The number of hydrogen-bond donors (Lipinski definition) is 1. The summed E-state index contributed by atoms with van der Waals surface area (Å²) >= 11 is 7.84. The van der Waals surface area contributed by atoms with E-state index in [1.54, 1.807) is 0 Å². The molecule has 0 radical (unpaired) electrons. The second kappa shape index (κ2) is 7.21. The normalized spacial score (nSPS) is 14.8. The van der Waals surface area contributed by atoms with Crippen molar-refractivity contribution in [2.24, 2.45) is 0 Å². The minimum Gasteiger partial charge on any atom is -0.307 e. The van der Waals surface area contributed by atoms with E-state index in [0.717, 1.165) is 10.8 Å². The smallest absolute Gasteiger partial charge is 0.0406 e. The zero-order chi connectivity index (χ0) is 12.0. The van der Waals surface area contributed by atoms with E-state index >= 15 is 0 Å². The molecule has 0 saturated heterocycles. The molecule has 16 heavy (non-hydrogen) atoms. The van der Waals surface area contributed by atoms with Crippen LogP contribution in [-0.4, -0.2) is 17.5 Å². The van der Waals surface area contributed by atoms with Gasteiger partial charge in [-0.05, 0) is 37.3 Å². The number of rotatable bonds is 6. The van der Waals surface area contributed by atoms with Crippen LogP contribution in [0.5, 0.6) is 0 Å². The van der Waals surface area contributed by atoms with Crippen molar-refractivity contribution >= 4 is 23.4 Å². The molecule has 0 amide bonds. The molecule has 0 bridgehead atoms. The maximum Gasteiger partial charge on any atom is 0.0406 e. The molecule has 2 atom stereocenters. The van der Waals surface area contributed by atoms with E-state index in [9.17, 15) is 0 Å². The summed E-state index contributed by atoms with van der Waals surface area (Å²) in [7, 11) is 0. The third kappa shape index (κ3) is 4.77. The van der Waals surface area contributed by atoms with Crippen LogP contribution < -0.4 is 5.32 Å². The number of benzene rings is 1. The molecule has 1 aromatic carbocycles. The summed E-state index contributed by atoms with van der Waals surface area (Å²) in [6.07, 6.45) is 0. The van der Waals surface area contributed by atoms with Crippen molar-refractivity contribution in [3.63, 3.8) is 0 Å². The molecule has 0 spiro atoms. The number of hydrogen-bond acceptors (Lipinski definition) is 2. The van der Waals surface area contributed by atoms with Crippen molar-refractivity contribution in [2.75, 3.05) is 11.5 Å². The molecule has 1 aromatic rings. The molecule has 1 rings (SSSR count). The molecule has 0 aliphatic heterocycles. The lowest BCUT2D eigenvalue weighted by Gasteiger charge is -2.20. The zero-order valence-corrected chi connectivity index (χ0v) is 11.7. The van der Waals surface area contributed by atoms with E-state index in [0.29, 0.717) is 12.1 Å². The summed E-state index contributed by atoms with van der Waals surface area (Å²) in [6, 6.07) is 8.97. The van der Waals surface area contributed by atoms with Gasteiger partial charge in [0, 0.05) is 22.9 Å². The Kier molecular flexibility index (Phi) is 6.25. The average molecular weight is 258 g/mol. The Morgan fingerprint density at radius 3 is 2.44 bits per heavy atom. The highest BCUT2D eigenvalue weighted by Crippen LogP contribution is 2.17. The van der Waals surface area contributed by atoms with E-state index in [1.165, 1.54) is 11.3 Å². The molecule has 0 aromatic heterocycles. The first-order valence-electron chi connectivity index (χ1n) is 5.72. The number of halogens is 1. The Labute approximate surface area is 108 Å².